The molecule has 0 atom stereocenters. The van der Waals surface area contributed by atoms with Crippen LogP contribution in [0.25, 0.3) is 5.69 Å². The third kappa shape index (κ3) is 5.10. The van der Waals surface area contributed by atoms with E-state index in [9.17, 15) is 4.79 Å². The molecule has 0 spiro atoms. The van der Waals surface area contributed by atoms with Gasteiger partial charge in [-0.1, -0.05) is 24.4 Å². The molecule has 1 aliphatic heterocycles. The van der Waals surface area contributed by atoms with E-state index in [0.29, 0.717) is 36.2 Å². The zero-order valence-corrected chi connectivity index (χ0v) is 21.2. The number of nitrogens with zero attached hydrogens (tertiary/aromatic N) is 4. The molecule has 7 nitrogen and oxygen atoms in total. The number of ether oxygens (including phenoxy) is 2. The maximum Gasteiger partial charge on any atom is 0.411 e. The average molecular weight is 487 g/mol. The predicted molar refractivity (Wildman–Crippen MR) is 130 cm³/mol. The van der Waals surface area contributed by atoms with Crippen LogP contribution in [0.3, 0.4) is 0 Å². The van der Waals surface area contributed by atoms with E-state index >= 15 is 0 Å². The topological polar surface area (TPSA) is 69.5 Å². The maximum atomic E-state index is 13.0. The van der Waals surface area contributed by atoms with Gasteiger partial charge in [-0.05, 0) is 83.1 Å². The third-order valence-electron chi connectivity index (χ3n) is 7.11. The first-order chi connectivity index (χ1) is 16.3. The van der Waals surface area contributed by atoms with E-state index in [-0.39, 0.29) is 6.09 Å². The minimum absolute atomic E-state index is 0.321. The SMILES string of the molecule is CC(C)(C)OC(=O)N1Cc2cc(Cl)ccc2-n2c(nnc2[C@H]2CC[C@@H](OC3CCCC3)CC2)C1. The Balaban J connectivity index is 1.39. The lowest BCUT2D eigenvalue weighted by Gasteiger charge is -2.30. The van der Waals surface area contributed by atoms with Crippen molar-refractivity contribution in [3.05, 3.63) is 40.4 Å². The number of carbonyl (C=O) groups is 1. The second-order valence-corrected chi connectivity index (χ2v) is 11.4. The fourth-order valence-corrected chi connectivity index (χ4v) is 5.69. The van der Waals surface area contributed by atoms with Gasteiger partial charge in [0.2, 0.25) is 0 Å². The highest BCUT2D eigenvalue weighted by Crippen LogP contribution is 2.38. The van der Waals surface area contributed by atoms with Crippen molar-refractivity contribution in [2.45, 2.75) is 109 Å². The van der Waals surface area contributed by atoms with Gasteiger partial charge in [0.25, 0.3) is 0 Å². The smallest absolute Gasteiger partial charge is 0.411 e. The number of benzene rings is 1. The normalized spacial score (nSPS) is 23.4. The summed E-state index contributed by atoms with van der Waals surface area (Å²) < 4.78 is 14.2. The second kappa shape index (κ2) is 9.50. The Bertz CT molecular complexity index is 1030. The van der Waals surface area contributed by atoms with Gasteiger partial charge in [0, 0.05) is 10.9 Å². The van der Waals surface area contributed by atoms with Crippen LogP contribution >= 0.6 is 11.6 Å². The summed E-state index contributed by atoms with van der Waals surface area (Å²) in [6, 6.07) is 5.84. The predicted octanol–water partition coefficient (Wildman–Crippen LogP) is 6.16. The van der Waals surface area contributed by atoms with Gasteiger partial charge >= 0.3 is 6.09 Å². The Labute approximate surface area is 206 Å². The quantitative estimate of drug-likeness (QED) is 0.519. The molecule has 2 heterocycles. The van der Waals surface area contributed by atoms with Crippen molar-refractivity contribution in [1.82, 2.24) is 19.7 Å². The van der Waals surface area contributed by atoms with Gasteiger partial charge in [0.05, 0.1) is 31.0 Å². The summed E-state index contributed by atoms with van der Waals surface area (Å²) in [7, 11) is 0. The zero-order valence-electron chi connectivity index (χ0n) is 20.4. The molecule has 184 valence electrons. The van der Waals surface area contributed by atoms with Crippen LogP contribution < -0.4 is 0 Å². The molecule has 2 fully saturated rings. The lowest BCUT2D eigenvalue weighted by atomic mass is 9.86. The molecular weight excluding hydrogens is 452 g/mol. The molecule has 2 saturated carbocycles. The van der Waals surface area contributed by atoms with E-state index in [0.717, 1.165) is 48.6 Å². The number of rotatable bonds is 3. The number of aromatic nitrogens is 3. The van der Waals surface area contributed by atoms with Crippen LogP contribution in [0.2, 0.25) is 5.02 Å². The monoisotopic (exact) mass is 486 g/mol. The van der Waals surface area contributed by atoms with Crippen LogP contribution in [0, 0.1) is 0 Å². The van der Waals surface area contributed by atoms with E-state index < -0.39 is 5.60 Å². The molecule has 3 aliphatic rings. The summed E-state index contributed by atoms with van der Waals surface area (Å²) in [4.78, 5) is 14.6. The van der Waals surface area contributed by atoms with Crippen molar-refractivity contribution in [1.29, 1.82) is 0 Å². The van der Waals surface area contributed by atoms with Crippen molar-refractivity contribution in [2.24, 2.45) is 0 Å². The highest BCUT2D eigenvalue weighted by atomic mass is 35.5. The molecule has 0 radical (unpaired) electrons. The van der Waals surface area contributed by atoms with Crippen LogP contribution in [0.1, 0.15) is 95.3 Å². The minimum atomic E-state index is -0.571. The van der Waals surface area contributed by atoms with Gasteiger partial charge in [-0.25, -0.2) is 4.79 Å². The standard InChI is InChI=1S/C26H35ClN4O3/c1-26(2,3)34-25(32)30-15-18-14-19(27)10-13-22(18)31-23(16-30)28-29-24(31)17-8-11-21(12-9-17)33-20-6-4-5-7-20/h10,13-14,17,20-21H,4-9,11-12,15-16H2,1-3H3/t17-,21+. The van der Waals surface area contributed by atoms with Gasteiger partial charge in [-0.3, -0.25) is 9.47 Å². The van der Waals surface area contributed by atoms with Crippen LogP contribution in [0.5, 0.6) is 0 Å². The summed E-state index contributed by atoms with van der Waals surface area (Å²) in [6.07, 6.45) is 9.67. The first kappa shape index (κ1) is 23.6. The van der Waals surface area contributed by atoms with Crippen LogP contribution in [-0.4, -0.2) is 43.6 Å². The molecule has 5 rings (SSSR count). The van der Waals surface area contributed by atoms with E-state index in [1.165, 1.54) is 25.7 Å². The molecule has 8 heteroatoms. The highest BCUT2D eigenvalue weighted by Gasteiger charge is 2.33. The largest absolute Gasteiger partial charge is 0.444 e. The van der Waals surface area contributed by atoms with Crippen molar-refractivity contribution < 1.29 is 14.3 Å². The lowest BCUT2D eigenvalue weighted by Crippen LogP contribution is -2.35. The van der Waals surface area contributed by atoms with E-state index in [2.05, 4.69) is 14.8 Å². The highest BCUT2D eigenvalue weighted by molar-refractivity contribution is 6.30. The van der Waals surface area contributed by atoms with Gasteiger partial charge < -0.3 is 9.47 Å². The second-order valence-electron chi connectivity index (χ2n) is 10.9. The Hall–Kier alpha value is -2.12. The number of carbonyl (C=O) groups excluding carboxylic acids is 1. The Morgan fingerprint density at radius 3 is 2.41 bits per heavy atom. The molecule has 2 aliphatic carbocycles. The first-order valence-electron chi connectivity index (χ1n) is 12.6. The molecule has 0 saturated heterocycles. The maximum absolute atomic E-state index is 13.0. The summed E-state index contributed by atoms with van der Waals surface area (Å²) in [6.45, 7) is 6.38. The third-order valence-corrected chi connectivity index (χ3v) is 7.34. The fraction of sp³-hybridized carbons (Fsp3) is 0.654. The van der Waals surface area contributed by atoms with Gasteiger partial charge in [0.15, 0.2) is 5.82 Å². The van der Waals surface area contributed by atoms with Crippen LogP contribution in [0.4, 0.5) is 4.79 Å². The summed E-state index contributed by atoms with van der Waals surface area (Å²) >= 11 is 6.35. The molecule has 0 bridgehead atoms. The summed E-state index contributed by atoms with van der Waals surface area (Å²) in [5.41, 5.74) is 1.39. The van der Waals surface area contributed by atoms with Crippen LogP contribution in [0.15, 0.2) is 18.2 Å². The first-order valence-corrected chi connectivity index (χ1v) is 13.0. The molecule has 2 aromatic rings. The molecule has 1 aromatic carbocycles. The Morgan fingerprint density at radius 1 is 1.00 bits per heavy atom. The summed E-state index contributed by atoms with van der Waals surface area (Å²) in [5.74, 6) is 2.05. The van der Waals surface area contributed by atoms with Crippen molar-refractivity contribution >= 4 is 17.7 Å². The van der Waals surface area contributed by atoms with Crippen LogP contribution in [-0.2, 0) is 22.6 Å². The minimum Gasteiger partial charge on any atom is -0.444 e. The average Bonchev–Trinajstić information content (AvgIpc) is 3.40. The fourth-order valence-electron chi connectivity index (χ4n) is 5.50. The molecule has 0 unspecified atom stereocenters. The van der Waals surface area contributed by atoms with Gasteiger partial charge in [-0.15, -0.1) is 10.2 Å². The zero-order chi connectivity index (χ0) is 23.9. The number of hydrogen-bond acceptors (Lipinski definition) is 5. The summed E-state index contributed by atoms with van der Waals surface area (Å²) in [5, 5.41) is 9.83. The van der Waals surface area contributed by atoms with Gasteiger partial charge in [-0.2, -0.15) is 0 Å². The van der Waals surface area contributed by atoms with E-state index in [4.69, 9.17) is 21.1 Å². The molecule has 1 amide bonds. The number of halogens is 1. The van der Waals surface area contributed by atoms with Crippen molar-refractivity contribution in [2.75, 3.05) is 0 Å². The number of hydrogen-bond donors (Lipinski definition) is 0. The van der Waals surface area contributed by atoms with E-state index in [1.54, 1.807) is 4.90 Å². The molecule has 0 N–H and O–H groups in total. The molecule has 1 aromatic heterocycles. The molecular formula is C26H35ClN4O3. The van der Waals surface area contributed by atoms with Crippen molar-refractivity contribution in [3.63, 3.8) is 0 Å². The van der Waals surface area contributed by atoms with Crippen molar-refractivity contribution in [3.8, 4) is 5.69 Å². The lowest BCUT2D eigenvalue weighted by molar-refractivity contribution is -0.0288. The number of fused-ring (bicyclic) bond motifs is 3. The van der Waals surface area contributed by atoms with Gasteiger partial charge in [0.1, 0.15) is 11.4 Å². The van der Waals surface area contributed by atoms with E-state index in [1.807, 2.05) is 39.0 Å². The molecule has 34 heavy (non-hydrogen) atoms. The number of amides is 1. The Morgan fingerprint density at radius 2 is 1.71 bits per heavy atom. The Kier molecular flexibility index (Phi) is 6.60.